The number of carboxylic acid groups (broad SMARTS) is 1. The zero-order valence-electron chi connectivity index (χ0n) is 16.7. The van der Waals surface area contributed by atoms with Crippen molar-refractivity contribution in [3.05, 3.63) is 67.7 Å². The van der Waals surface area contributed by atoms with Gasteiger partial charge >= 0.3 is 11.7 Å². The summed E-state index contributed by atoms with van der Waals surface area (Å²) in [5.41, 5.74) is 2.81. The number of nitrogens with zero attached hydrogens (tertiary/aromatic N) is 3. The first-order chi connectivity index (χ1) is 14.3. The summed E-state index contributed by atoms with van der Waals surface area (Å²) < 4.78 is 6.43. The lowest BCUT2D eigenvalue weighted by atomic mass is 10.0. The van der Waals surface area contributed by atoms with Crippen LogP contribution in [0.5, 0.6) is 0 Å². The first-order valence-electron chi connectivity index (χ1n) is 9.52. The van der Waals surface area contributed by atoms with Gasteiger partial charge in [-0.1, -0.05) is 13.0 Å². The highest BCUT2D eigenvalue weighted by Crippen LogP contribution is 2.29. The van der Waals surface area contributed by atoms with Gasteiger partial charge in [-0.25, -0.2) is 14.2 Å². The molecule has 154 valence electrons. The minimum Gasteiger partial charge on any atom is -0.480 e. The van der Waals surface area contributed by atoms with Crippen LogP contribution in [0.3, 0.4) is 0 Å². The van der Waals surface area contributed by atoms with E-state index in [4.69, 9.17) is 0 Å². The molecular weight excluding hydrogens is 404 g/mol. The average Bonchev–Trinajstić information content (AvgIpc) is 3.07. The molecule has 0 saturated heterocycles. The first kappa shape index (κ1) is 20.0. The molecule has 1 atom stereocenters. The Labute approximate surface area is 175 Å². The highest BCUT2D eigenvalue weighted by Gasteiger charge is 2.22. The Bertz CT molecular complexity index is 1420. The molecule has 1 aromatic carbocycles. The van der Waals surface area contributed by atoms with Gasteiger partial charge in [-0.2, -0.15) is 4.37 Å². The molecule has 4 aromatic rings. The fourth-order valence-electron chi connectivity index (χ4n) is 3.83. The normalized spacial score (nSPS) is 12.5. The van der Waals surface area contributed by atoms with Crippen molar-refractivity contribution in [1.82, 2.24) is 18.9 Å². The monoisotopic (exact) mass is 424 g/mol. The summed E-state index contributed by atoms with van der Waals surface area (Å²) in [6.07, 6.45) is 1.96. The number of carbonyl (C=O) groups is 1. The molecule has 4 rings (SSSR count). The maximum atomic E-state index is 12.8. The minimum absolute atomic E-state index is 0.116. The largest absolute Gasteiger partial charge is 0.480 e. The average molecular weight is 424 g/mol. The minimum atomic E-state index is -1.23. The van der Waals surface area contributed by atoms with Gasteiger partial charge in [0.05, 0.1) is 21.3 Å². The van der Waals surface area contributed by atoms with Crippen molar-refractivity contribution in [3.8, 4) is 0 Å². The molecule has 0 aliphatic heterocycles. The van der Waals surface area contributed by atoms with Crippen LogP contribution in [0, 0.1) is 13.8 Å². The van der Waals surface area contributed by atoms with Crippen molar-refractivity contribution in [1.29, 1.82) is 0 Å². The van der Waals surface area contributed by atoms with Gasteiger partial charge in [0.1, 0.15) is 6.04 Å². The molecule has 0 aliphatic rings. The summed E-state index contributed by atoms with van der Waals surface area (Å²) in [7, 11) is 0. The van der Waals surface area contributed by atoms with Gasteiger partial charge in [0.2, 0.25) is 0 Å². The van der Waals surface area contributed by atoms with Crippen molar-refractivity contribution in [3.63, 3.8) is 0 Å². The molecule has 0 unspecified atom stereocenters. The lowest BCUT2D eigenvalue weighted by Gasteiger charge is -2.13. The van der Waals surface area contributed by atoms with E-state index in [9.17, 15) is 19.5 Å². The number of aryl methyl sites for hydroxylation is 2. The Kier molecular flexibility index (Phi) is 4.98. The van der Waals surface area contributed by atoms with E-state index in [-0.39, 0.29) is 11.8 Å². The van der Waals surface area contributed by atoms with Gasteiger partial charge < -0.3 is 10.1 Å². The van der Waals surface area contributed by atoms with Crippen LogP contribution in [0.4, 0.5) is 0 Å². The van der Waals surface area contributed by atoms with Crippen molar-refractivity contribution in [2.45, 2.75) is 39.7 Å². The third kappa shape index (κ3) is 3.30. The maximum Gasteiger partial charge on any atom is 0.329 e. The zero-order valence-corrected chi connectivity index (χ0v) is 17.5. The van der Waals surface area contributed by atoms with Gasteiger partial charge in [0, 0.05) is 23.7 Å². The van der Waals surface area contributed by atoms with Crippen LogP contribution in [0.15, 0.2) is 34.0 Å². The molecule has 0 spiro atoms. The second-order valence-corrected chi connectivity index (χ2v) is 8.15. The van der Waals surface area contributed by atoms with Crippen LogP contribution < -0.4 is 11.2 Å². The molecule has 8 nitrogen and oxygen atoms in total. The fourth-order valence-corrected chi connectivity index (χ4v) is 4.80. The molecule has 2 N–H and O–H groups in total. The Hall–Kier alpha value is -3.33. The highest BCUT2D eigenvalue weighted by molar-refractivity contribution is 7.13. The summed E-state index contributed by atoms with van der Waals surface area (Å²) in [4.78, 5) is 43.6. The Morgan fingerprint density at radius 3 is 2.73 bits per heavy atom. The number of fused-ring (bicyclic) bond motifs is 2. The number of aliphatic carboxylic acids is 1. The van der Waals surface area contributed by atoms with E-state index >= 15 is 0 Å². The van der Waals surface area contributed by atoms with Crippen molar-refractivity contribution in [2.24, 2.45) is 0 Å². The smallest absolute Gasteiger partial charge is 0.329 e. The van der Waals surface area contributed by atoms with Gasteiger partial charge in [-0.15, -0.1) is 0 Å². The van der Waals surface area contributed by atoms with Crippen LogP contribution >= 0.6 is 11.5 Å². The number of nitrogens with one attached hydrogen (secondary N) is 1. The number of hydrogen-bond acceptors (Lipinski definition) is 6. The summed E-state index contributed by atoms with van der Waals surface area (Å²) >= 11 is 1.44. The molecule has 30 heavy (non-hydrogen) atoms. The summed E-state index contributed by atoms with van der Waals surface area (Å²) in [6, 6.07) is 4.64. The van der Waals surface area contributed by atoms with Gasteiger partial charge in [-0.05, 0) is 55.1 Å². The number of H-pyrrole nitrogens is 1. The summed E-state index contributed by atoms with van der Waals surface area (Å²) in [5, 5.41) is 10.6. The van der Waals surface area contributed by atoms with Crippen molar-refractivity contribution in [2.75, 3.05) is 0 Å². The molecule has 9 heteroatoms. The van der Waals surface area contributed by atoms with Crippen LogP contribution in [-0.4, -0.2) is 30.0 Å². The molecule has 0 amide bonds. The van der Waals surface area contributed by atoms with Gasteiger partial charge in [0.15, 0.2) is 0 Å². The second kappa shape index (κ2) is 7.49. The predicted octanol–water partition coefficient (Wildman–Crippen LogP) is 2.94. The van der Waals surface area contributed by atoms with Crippen molar-refractivity contribution < 1.29 is 9.90 Å². The van der Waals surface area contributed by atoms with E-state index in [2.05, 4.69) is 26.5 Å². The maximum absolute atomic E-state index is 12.8. The number of rotatable bonds is 5. The SMILES string of the molecule is CC[C@@H](C(=O)O)n1c(=O)[nH]c2cc(Cc3nsc4cc(C)cc(C)c34)ncc2c1=O. The van der Waals surface area contributed by atoms with Crippen LogP contribution in [-0.2, 0) is 11.2 Å². The number of carboxylic acids is 1. The topological polar surface area (TPSA) is 118 Å². The number of hydrogen-bond donors (Lipinski definition) is 2. The third-order valence-corrected chi connectivity index (χ3v) is 6.02. The van der Waals surface area contributed by atoms with E-state index in [1.807, 2.05) is 13.8 Å². The summed E-state index contributed by atoms with van der Waals surface area (Å²) in [6.45, 7) is 5.71. The van der Waals surface area contributed by atoms with E-state index in [1.54, 1.807) is 13.0 Å². The number of benzene rings is 1. The Morgan fingerprint density at radius 1 is 1.27 bits per heavy atom. The van der Waals surface area contributed by atoms with E-state index in [0.29, 0.717) is 17.6 Å². The lowest BCUT2D eigenvalue weighted by molar-refractivity contribution is -0.141. The highest BCUT2D eigenvalue weighted by atomic mass is 32.1. The lowest BCUT2D eigenvalue weighted by Crippen LogP contribution is -2.40. The number of aromatic nitrogens is 4. The molecule has 0 bridgehead atoms. The number of pyridine rings is 1. The Morgan fingerprint density at radius 2 is 2.03 bits per heavy atom. The molecule has 0 fully saturated rings. The van der Waals surface area contributed by atoms with Crippen LogP contribution in [0.1, 0.15) is 41.9 Å². The van der Waals surface area contributed by atoms with Crippen LogP contribution in [0.25, 0.3) is 21.0 Å². The zero-order chi connectivity index (χ0) is 21.6. The van der Waals surface area contributed by atoms with Gasteiger partial charge in [0.25, 0.3) is 5.56 Å². The first-order valence-corrected chi connectivity index (χ1v) is 10.3. The standard InChI is InChI=1S/C21H20N4O4S/c1-4-16(20(27)28)25-19(26)13-9-22-12(7-14(13)23-21(25)29)8-15-18-11(3)5-10(2)6-17(18)30-24-15/h5-7,9,16H,4,8H2,1-3H3,(H,23,29)(H,27,28)/t16-/m0/s1. The van der Waals surface area contributed by atoms with E-state index in [0.717, 1.165) is 25.9 Å². The van der Waals surface area contributed by atoms with Crippen LogP contribution in [0.2, 0.25) is 0 Å². The van der Waals surface area contributed by atoms with E-state index < -0.39 is 23.3 Å². The summed E-state index contributed by atoms with van der Waals surface area (Å²) in [5.74, 6) is -1.23. The molecule has 0 saturated carbocycles. The Balaban J connectivity index is 1.79. The molecule has 0 radical (unpaired) electrons. The molecule has 3 aromatic heterocycles. The van der Waals surface area contributed by atoms with E-state index in [1.165, 1.54) is 23.3 Å². The second-order valence-electron chi connectivity index (χ2n) is 7.35. The number of aromatic amines is 1. The predicted molar refractivity (Wildman–Crippen MR) is 115 cm³/mol. The third-order valence-electron chi connectivity index (χ3n) is 5.19. The fraction of sp³-hybridized carbons (Fsp3) is 0.286. The molecule has 3 heterocycles. The van der Waals surface area contributed by atoms with Gasteiger partial charge in [-0.3, -0.25) is 9.78 Å². The van der Waals surface area contributed by atoms with Crippen molar-refractivity contribution >= 4 is 38.5 Å². The molecule has 0 aliphatic carbocycles. The molecular formula is C21H20N4O4S. The quantitative estimate of drug-likeness (QED) is 0.509.